The van der Waals surface area contributed by atoms with Gasteiger partial charge >= 0.3 is 0 Å². The van der Waals surface area contributed by atoms with Crippen LogP contribution in [0.2, 0.25) is 0 Å². The zero-order chi connectivity index (χ0) is 12.3. The summed E-state index contributed by atoms with van der Waals surface area (Å²) in [4.78, 5) is 2.29. The predicted octanol–water partition coefficient (Wildman–Crippen LogP) is 2.89. The van der Waals surface area contributed by atoms with Crippen LogP contribution >= 0.6 is 0 Å². The van der Waals surface area contributed by atoms with E-state index in [9.17, 15) is 0 Å². The molecule has 0 N–H and O–H groups in total. The van der Waals surface area contributed by atoms with E-state index in [0.29, 0.717) is 11.8 Å². The number of hydrogen-bond donors (Lipinski definition) is 0. The normalized spacial score (nSPS) is 10.5. The number of hydrogen-bond acceptors (Lipinski definition) is 4. The van der Waals surface area contributed by atoms with E-state index in [-0.39, 0.29) is 0 Å². The maximum absolute atomic E-state index is 5.39. The lowest BCUT2D eigenvalue weighted by atomic mass is 10.2. The van der Waals surface area contributed by atoms with Crippen molar-refractivity contribution in [3.05, 3.63) is 30.2 Å². The van der Waals surface area contributed by atoms with Crippen molar-refractivity contribution in [3.63, 3.8) is 0 Å². The molecule has 0 fully saturated rings. The molecule has 0 spiro atoms. The van der Waals surface area contributed by atoms with E-state index >= 15 is 0 Å². The van der Waals surface area contributed by atoms with Gasteiger partial charge in [-0.2, -0.15) is 0 Å². The lowest BCUT2D eigenvalue weighted by Gasteiger charge is -2.20. The van der Waals surface area contributed by atoms with Crippen molar-refractivity contribution in [2.75, 3.05) is 18.0 Å². The first-order chi connectivity index (χ1) is 8.24. The molecule has 90 valence electrons. The van der Waals surface area contributed by atoms with Crippen LogP contribution in [0.5, 0.6) is 0 Å². The van der Waals surface area contributed by atoms with Crippen molar-refractivity contribution in [1.82, 2.24) is 10.2 Å². The third kappa shape index (κ3) is 2.46. The fourth-order valence-electron chi connectivity index (χ4n) is 1.82. The molecule has 0 aliphatic carbocycles. The Hall–Kier alpha value is -1.84. The summed E-state index contributed by atoms with van der Waals surface area (Å²) >= 11 is 0. The highest BCUT2D eigenvalue weighted by molar-refractivity contribution is 5.59. The summed E-state index contributed by atoms with van der Waals surface area (Å²) in [6.07, 6.45) is 0. The summed E-state index contributed by atoms with van der Waals surface area (Å²) in [6.45, 7) is 8.11. The number of aromatic nitrogens is 2. The van der Waals surface area contributed by atoms with Crippen LogP contribution in [0, 0.1) is 6.92 Å². The molecule has 0 unspecified atom stereocenters. The van der Waals surface area contributed by atoms with Crippen LogP contribution in [-0.4, -0.2) is 23.3 Å². The van der Waals surface area contributed by atoms with Crippen LogP contribution in [0.3, 0.4) is 0 Å². The Morgan fingerprint density at radius 1 is 1.06 bits per heavy atom. The Balaban J connectivity index is 2.23. The first kappa shape index (κ1) is 11.6. The first-order valence-electron chi connectivity index (χ1n) is 5.90. The second-order valence-electron chi connectivity index (χ2n) is 3.85. The Bertz CT molecular complexity index is 472. The van der Waals surface area contributed by atoms with Gasteiger partial charge in [0.1, 0.15) is 0 Å². The summed E-state index contributed by atoms with van der Waals surface area (Å²) in [5.74, 6) is 1.17. The number of benzene rings is 1. The van der Waals surface area contributed by atoms with Gasteiger partial charge in [0.25, 0.3) is 0 Å². The van der Waals surface area contributed by atoms with Crippen molar-refractivity contribution in [3.8, 4) is 11.5 Å². The average molecular weight is 231 g/mol. The molecule has 1 aromatic heterocycles. The Morgan fingerprint density at radius 2 is 1.71 bits per heavy atom. The van der Waals surface area contributed by atoms with Gasteiger partial charge in [0.05, 0.1) is 0 Å². The summed E-state index contributed by atoms with van der Waals surface area (Å²) in [5, 5.41) is 7.83. The maximum Gasteiger partial charge on any atom is 0.247 e. The highest BCUT2D eigenvalue weighted by atomic mass is 16.4. The Morgan fingerprint density at radius 3 is 2.18 bits per heavy atom. The van der Waals surface area contributed by atoms with Crippen LogP contribution in [0.15, 0.2) is 28.7 Å². The molecule has 0 amide bonds. The number of nitrogens with zero attached hydrogens (tertiary/aromatic N) is 3. The first-order valence-corrected chi connectivity index (χ1v) is 5.90. The standard InChI is InChI=1S/C13H17N3O/c1-4-16(5-2)12-8-6-11(7-9-12)13-15-14-10(3)17-13/h6-9H,4-5H2,1-3H3. The maximum atomic E-state index is 5.39. The molecule has 0 atom stereocenters. The van der Waals surface area contributed by atoms with Crippen molar-refractivity contribution in [1.29, 1.82) is 0 Å². The third-order valence-electron chi connectivity index (χ3n) is 2.77. The van der Waals surface area contributed by atoms with Crippen LogP contribution in [0.25, 0.3) is 11.5 Å². The molecule has 0 saturated heterocycles. The lowest BCUT2D eigenvalue weighted by Crippen LogP contribution is -2.21. The highest BCUT2D eigenvalue weighted by Gasteiger charge is 2.07. The van der Waals surface area contributed by atoms with Crippen molar-refractivity contribution in [2.24, 2.45) is 0 Å². The molecule has 4 heteroatoms. The molecule has 2 rings (SSSR count). The SMILES string of the molecule is CCN(CC)c1ccc(-c2nnc(C)o2)cc1. The van der Waals surface area contributed by atoms with Crippen LogP contribution in [-0.2, 0) is 0 Å². The van der Waals surface area contributed by atoms with Gasteiger partial charge in [-0.15, -0.1) is 10.2 Å². The molecule has 0 bridgehead atoms. The van der Waals surface area contributed by atoms with Gasteiger partial charge in [-0.05, 0) is 38.1 Å². The minimum Gasteiger partial charge on any atom is -0.421 e. The number of aryl methyl sites for hydroxylation is 1. The zero-order valence-electron chi connectivity index (χ0n) is 10.5. The Labute approximate surface area is 101 Å². The van der Waals surface area contributed by atoms with Gasteiger partial charge < -0.3 is 9.32 Å². The van der Waals surface area contributed by atoms with Gasteiger partial charge in [0.15, 0.2) is 0 Å². The van der Waals surface area contributed by atoms with Gasteiger partial charge in [0, 0.05) is 31.3 Å². The van der Waals surface area contributed by atoms with Crippen molar-refractivity contribution in [2.45, 2.75) is 20.8 Å². The third-order valence-corrected chi connectivity index (χ3v) is 2.77. The van der Waals surface area contributed by atoms with Crippen LogP contribution in [0.4, 0.5) is 5.69 Å². The van der Waals surface area contributed by atoms with Crippen LogP contribution < -0.4 is 4.90 Å². The minimum absolute atomic E-state index is 0.577. The zero-order valence-corrected chi connectivity index (χ0v) is 10.5. The molecular formula is C13H17N3O. The fraction of sp³-hybridized carbons (Fsp3) is 0.385. The quantitative estimate of drug-likeness (QED) is 0.811. The average Bonchev–Trinajstić information content (AvgIpc) is 2.78. The molecule has 17 heavy (non-hydrogen) atoms. The van der Waals surface area contributed by atoms with E-state index in [1.165, 1.54) is 5.69 Å². The largest absolute Gasteiger partial charge is 0.421 e. The summed E-state index contributed by atoms with van der Waals surface area (Å²) < 4.78 is 5.39. The van der Waals surface area contributed by atoms with E-state index < -0.39 is 0 Å². The van der Waals surface area contributed by atoms with E-state index in [1.54, 1.807) is 6.92 Å². The molecule has 0 aliphatic rings. The highest BCUT2D eigenvalue weighted by Crippen LogP contribution is 2.21. The molecule has 1 heterocycles. The second-order valence-corrected chi connectivity index (χ2v) is 3.85. The molecule has 0 aliphatic heterocycles. The van der Waals surface area contributed by atoms with Crippen LogP contribution in [0.1, 0.15) is 19.7 Å². The van der Waals surface area contributed by atoms with E-state index in [4.69, 9.17) is 4.42 Å². The molecular weight excluding hydrogens is 214 g/mol. The monoisotopic (exact) mass is 231 g/mol. The van der Waals surface area contributed by atoms with Gasteiger partial charge in [0.2, 0.25) is 11.8 Å². The molecule has 0 radical (unpaired) electrons. The van der Waals surface area contributed by atoms with E-state index in [0.717, 1.165) is 18.7 Å². The minimum atomic E-state index is 0.577. The summed E-state index contributed by atoms with van der Waals surface area (Å²) in [6, 6.07) is 8.20. The van der Waals surface area contributed by atoms with Gasteiger partial charge in [-0.1, -0.05) is 0 Å². The summed E-state index contributed by atoms with van der Waals surface area (Å²) in [5.41, 5.74) is 2.18. The number of rotatable bonds is 4. The smallest absolute Gasteiger partial charge is 0.247 e. The molecule has 4 nitrogen and oxygen atoms in total. The molecule has 0 saturated carbocycles. The van der Waals surface area contributed by atoms with Gasteiger partial charge in [-0.25, -0.2) is 0 Å². The molecule has 2 aromatic rings. The van der Waals surface area contributed by atoms with E-state index in [2.05, 4.69) is 41.1 Å². The fourth-order valence-corrected chi connectivity index (χ4v) is 1.82. The second kappa shape index (κ2) is 4.99. The van der Waals surface area contributed by atoms with Crippen molar-refractivity contribution < 1.29 is 4.42 Å². The Kier molecular flexibility index (Phi) is 3.42. The van der Waals surface area contributed by atoms with Gasteiger partial charge in [-0.3, -0.25) is 0 Å². The predicted molar refractivity (Wildman–Crippen MR) is 68.0 cm³/mol. The molecule has 1 aromatic carbocycles. The summed E-state index contributed by atoms with van der Waals surface area (Å²) in [7, 11) is 0. The lowest BCUT2D eigenvalue weighted by molar-refractivity contribution is 0.533. The van der Waals surface area contributed by atoms with Crippen molar-refractivity contribution >= 4 is 5.69 Å². The van der Waals surface area contributed by atoms with E-state index in [1.807, 2.05) is 12.1 Å². The topological polar surface area (TPSA) is 42.2 Å². The number of anilines is 1.